The summed E-state index contributed by atoms with van der Waals surface area (Å²) in [7, 11) is 1.66. The first kappa shape index (κ1) is 16.5. The van der Waals surface area contributed by atoms with Crippen molar-refractivity contribution < 1.29 is 9.53 Å². The Morgan fingerprint density at radius 2 is 2.13 bits per heavy atom. The molecule has 1 amide bonds. The number of carbonyl (C=O) groups is 1. The third-order valence-corrected chi connectivity index (χ3v) is 5.34. The lowest BCUT2D eigenvalue weighted by molar-refractivity contribution is -0.128. The first-order chi connectivity index (χ1) is 11.3. The SMILES string of the molecule is COCCN1C[C@H](Cc2ccc(N3CCSCC3)nn2)CC1=O. The van der Waals surface area contributed by atoms with Gasteiger partial charge in [0.05, 0.1) is 12.3 Å². The molecule has 0 unspecified atom stereocenters. The molecule has 23 heavy (non-hydrogen) atoms. The Bertz CT molecular complexity index is 519. The number of amides is 1. The molecule has 1 aromatic rings. The fourth-order valence-electron chi connectivity index (χ4n) is 3.13. The molecular formula is C16H24N4O2S. The minimum atomic E-state index is 0.224. The molecule has 2 fully saturated rings. The van der Waals surface area contributed by atoms with Crippen molar-refractivity contribution in [3.8, 4) is 0 Å². The van der Waals surface area contributed by atoms with Crippen LogP contribution in [0.4, 0.5) is 5.82 Å². The lowest BCUT2D eigenvalue weighted by atomic mass is 10.0. The van der Waals surface area contributed by atoms with Crippen molar-refractivity contribution in [1.82, 2.24) is 15.1 Å². The summed E-state index contributed by atoms with van der Waals surface area (Å²) < 4.78 is 5.05. The second kappa shape index (κ2) is 7.97. The maximum atomic E-state index is 12.0. The number of ether oxygens (including phenoxy) is 1. The van der Waals surface area contributed by atoms with Gasteiger partial charge in [-0.2, -0.15) is 16.9 Å². The zero-order valence-corrected chi connectivity index (χ0v) is 14.4. The second-order valence-electron chi connectivity index (χ2n) is 6.09. The van der Waals surface area contributed by atoms with Gasteiger partial charge < -0.3 is 14.5 Å². The van der Waals surface area contributed by atoms with Crippen molar-refractivity contribution in [2.24, 2.45) is 5.92 Å². The van der Waals surface area contributed by atoms with Gasteiger partial charge in [-0.25, -0.2) is 0 Å². The summed E-state index contributed by atoms with van der Waals surface area (Å²) in [5, 5.41) is 8.76. The largest absolute Gasteiger partial charge is 0.383 e. The number of thioether (sulfide) groups is 1. The van der Waals surface area contributed by atoms with Crippen molar-refractivity contribution in [2.45, 2.75) is 12.8 Å². The third kappa shape index (κ3) is 4.35. The number of hydrogen-bond donors (Lipinski definition) is 0. The Morgan fingerprint density at radius 1 is 1.30 bits per heavy atom. The van der Waals surface area contributed by atoms with Crippen LogP contribution in [0.15, 0.2) is 12.1 Å². The maximum absolute atomic E-state index is 12.0. The minimum absolute atomic E-state index is 0.224. The molecule has 1 aromatic heterocycles. The molecule has 0 N–H and O–H groups in total. The van der Waals surface area contributed by atoms with E-state index in [1.165, 1.54) is 0 Å². The van der Waals surface area contributed by atoms with Crippen molar-refractivity contribution in [3.63, 3.8) is 0 Å². The molecule has 0 aromatic carbocycles. The average molecular weight is 336 g/mol. The van der Waals surface area contributed by atoms with Gasteiger partial charge in [0.15, 0.2) is 5.82 Å². The normalized spacial score (nSPS) is 22.0. The van der Waals surface area contributed by atoms with Crippen molar-refractivity contribution in [2.75, 3.05) is 56.3 Å². The highest BCUT2D eigenvalue weighted by Crippen LogP contribution is 2.22. The van der Waals surface area contributed by atoms with Crippen LogP contribution in [0.2, 0.25) is 0 Å². The van der Waals surface area contributed by atoms with E-state index in [0.717, 1.165) is 49.1 Å². The number of anilines is 1. The highest BCUT2D eigenvalue weighted by atomic mass is 32.2. The molecule has 3 heterocycles. The number of aromatic nitrogens is 2. The van der Waals surface area contributed by atoms with Crippen LogP contribution in [0.1, 0.15) is 12.1 Å². The summed E-state index contributed by atoms with van der Waals surface area (Å²) in [6, 6.07) is 4.13. The van der Waals surface area contributed by atoms with Gasteiger partial charge >= 0.3 is 0 Å². The van der Waals surface area contributed by atoms with E-state index in [-0.39, 0.29) is 5.91 Å². The molecule has 0 radical (unpaired) electrons. The highest BCUT2D eigenvalue weighted by Gasteiger charge is 2.29. The van der Waals surface area contributed by atoms with E-state index in [1.807, 2.05) is 16.7 Å². The first-order valence-corrected chi connectivity index (χ1v) is 9.33. The number of nitrogens with zero attached hydrogens (tertiary/aromatic N) is 4. The van der Waals surface area contributed by atoms with Crippen LogP contribution in [-0.2, 0) is 16.0 Å². The summed E-state index contributed by atoms with van der Waals surface area (Å²) in [6.45, 7) is 4.17. The van der Waals surface area contributed by atoms with Crippen LogP contribution < -0.4 is 4.90 Å². The van der Waals surface area contributed by atoms with Crippen LogP contribution in [0.3, 0.4) is 0 Å². The number of rotatable bonds is 6. The molecule has 0 spiro atoms. The molecule has 1 atom stereocenters. The third-order valence-electron chi connectivity index (χ3n) is 4.40. The highest BCUT2D eigenvalue weighted by molar-refractivity contribution is 7.99. The molecule has 0 aliphatic carbocycles. The second-order valence-corrected chi connectivity index (χ2v) is 7.31. The van der Waals surface area contributed by atoms with Gasteiger partial charge in [0, 0.05) is 51.2 Å². The molecule has 3 rings (SSSR count). The van der Waals surface area contributed by atoms with Gasteiger partial charge in [0.2, 0.25) is 5.91 Å². The molecule has 2 aliphatic rings. The Labute approximate surface area is 141 Å². The monoisotopic (exact) mass is 336 g/mol. The van der Waals surface area contributed by atoms with E-state index < -0.39 is 0 Å². The summed E-state index contributed by atoms with van der Waals surface area (Å²) in [5.74, 6) is 3.85. The smallest absolute Gasteiger partial charge is 0.223 e. The zero-order valence-electron chi connectivity index (χ0n) is 13.6. The fraction of sp³-hybridized carbons (Fsp3) is 0.688. The van der Waals surface area contributed by atoms with Crippen LogP contribution in [0.5, 0.6) is 0 Å². The maximum Gasteiger partial charge on any atom is 0.223 e. The van der Waals surface area contributed by atoms with Crippen molar-refractivity contribution >= 4 is 23.5 Å². The Kier molecular flexibility index (Phi) is 5.72. The number of methoxy groups -OCH3 is 1. The average Bonchev–Trinajstić information content (AvgIpc) is 2.94. The molecule has 2 saturated heterocycles. The Hall–Kier alpha value is -1.34. The quantitative estimate of drug-likeness (QED) is 0.774. The van der Waals surface area contributed by atoms with Gasteiger partial charge in [-0.1, -0.05) is 0 Å². The van der Waals surface area contributed by atoms with E-state index in [2.05, 4.69) is 27.2 Å². The van der Waals surface area contributed by atoms with Gasteiger partial charge in [-0.05, 0) is 24.5 Å². The number of hydrogen-bond acceptors (Lipinski definition) is 6. The standard InChI is InChI=1S/C16H24N4O2S/c1-22-7-4-20-12-13(11-16(20)21)10-14-2-3-15(18-17-14)19-5-8-23-9-6-19/h2-3,13H,4-12H2,1H3/t13-/m1/s1. The minimum Gasteiger partial charge on any atom is -0.383 e. The number of likely N-dealkylation sites (tertiary alicyclic amines) is 1. The Balaban J connectivity index is 1.53. The molecule has 7 heteroatoms. The van der Waals surface area contributed by atoms with Crippen LogP contribution in [0.25, 0.3) is 0 Å². The van der Waals surface area contributed by atoms with Gasteiger partial charge in [0.25, 0.3) is 0 Å². The van der Waals surface area contributed by atoms with Crippen LogP contribution in [-0.4, -0.2) is 72.4 Å². The van der Waals surface area contributed by atoms with Crippen LogP contribution >= 0.6 is 11.8 Å². The molecule has 6 nitrogen and oxygen atoms in total. The summed E-state index contributed by atoms with van der Waals surface area (Å²) >= 11 is 1.99. The van der Waals surface area contributed by atoms with E-state index >= 15 is 0 Å². The van der Waals surface area contributed by atoms with Gasteiger partial charge in [-0.3, -0.25) is 4.79 Å². The van der Waals surface area contributed by atoms with E-state index in [1.54, 1.807) is 7.11 Å². The Morgan fingerprint density at radius 3 is 2.83 bits per heavy atom. The van der Waals surface area contributed by atoms with E-state index in [0.29, 0.717) is 25.5 Å². The predicted molar refractivity (Wildman–Crippen MR) is 91.8 cm³/mol. The van der Waals surface area contributed by atoms with E-state index in [4.69, 9.17) is 4.74 Å². The summed E-state index contributed by atoms with van der Waals surface area (Å²) in [4.78, 5) is 16.1. The summed E-state index contributed by atoms with van der Waals surface area (Å²) in [6.07, 6.45) is 1.43. The van der Waals surface area contributed by atoms with Gasteiger partial charge in [-0.15, -0.1) is 5.10 Å². The lowest BCUT2D eigenvalue weighted by Gasteiger charge is -2.26. The number of carbonyl (C=O) groups excluding carboxylic acids is 1. The topological polar surface area (TPSA) is 58.6 Å². The van der Waals surface area contributed by atoms with Crippen molar-refractivity contribution in [3.05, 3.63) is 17.8 Å². The molecule has 0 bridgehead atoms. The van der Waals surface area contributed by atoms with Crippen LogP contribution in [0, 0.1) is 5.92 Å². The van der Waals surface area contributed by atoms with E-state index in [9.17, 15) is 4.79 Å². The molecular weight excluding hydrogens is 312 g/mol. The summed E-state index contributed by atoms with van der Waals surface area (Å²) in [5.41, 5.74) is 0.978. The molecule has 126 valence electrons. The first-order valence-electron chi connectivity index (χ1n) is 8.18. The molecule has 0 saturated carbocycles. The fourth-order valence-corrected chi connectivity index (χ4v) is 4.03. The van der Waals surface area contributed by atoms with Gasteiger partial charge in [0.1, 0.15) is 0 Å². The molecule has 2 aliphatic heterocycles. The zero-order chi connectivity index (χ0) is 16.1. The van der Waals surface area contributed by atoms with Crippen molar-refractivity contribution in [1.29, 1.82) is 0 Å². The predicted octanol–water partition coefficient (Wildman–Crippen LogP) is 1.07. The lowest BCUT2D eigenvalue weighted by Crippen LogP contribution is -2.33.